The molecule has 0 saturated carbocycles. The standard InChI is InChI=1S/C20H28N2O4S2/c1-14(2)12-18-21-15(3)19(27-18)20(23)22(4)10-7-11-26-16-8-6-9-17(13-16)28(5,24)25/h6,8-9,13-14H,7,10-12H2,1-5H3. The number of nitrogens with zero attached hydrogens (tertiary/aromatic N) is 2. The largest absolute Gasteiger partial charge is 0.493 e. The normalized spacial score (nSPS) is 11.6. The van der Waals surface area contributed by atoms with E-state index >= 15 is 0 Å². The summed E-state index contributed by atoms with van der Waals surface area (Å²) in [6, 6.07) is 6.43. The monoisotopic (exact) mass is 424 g/mol. The van der Waals surface area contributed by atoms with Crippen LogP contribution in [0.2, 0.25) is 0 Å². The Kier molecular flexibility index (Phi) is 7.60. The lowest BCUT2D eigenvalue weighted by molar-refractivity contribution is 0.0791. The van der Waals surface area contributed by atoms with Gasteiger partial charge in [0.2, 0.25) is 0 Å². The molecule has 1 aromatic carbocycles. The Morgan fingerprint density at radius 3 is 2.68 bits per heavy atom. The van der Waals surface area contributed by atoms with Gasteiger partial charge in [-0.2, -0.15) is 0 Å². The number of aryl methyl sites for hydroxylation is 1. The number of benzene rings is 1. The van der Waals surface area contributed by atoms with Gasteiger partial charge >= 0.3 is 0 Å². The molecule has 0 aliphatic rings. The Bertz CT molecular complexity index is 920. The van der Waals surface area contributed by atoms with Crippen LogP contribution in [0.25, 0.3) is 0 Å². The van der Waals surface area contributed by atoms with Crippen LogP contribution in [0.5, 0.6) is 5.75 Å². The predicted molar refractivity (Wildman–Crippen MR) is 112 cm³/mol. The van der Waals surface area contributed by atoms with Gasteiger partial charge in [-0.05, 0) is 37.5 Å². The molecule has 2 aromatic rings. The van der Waals surface area contributed by atoms with E-state index in [1.807, 2.05) is 6.92 Å². The minimum atomic E-state index is -3.26. The fourth-order valence-electron chi connectivity index (χ4n) is 2.65. The molecule has 0 saturated heterocycles. The van der Waals surface area contributed by atoms with E-state index in [4.69, 9.17) is 4.74 Å². The minimum absolute atomic E-state index is 0.0240. The zero-order valence-electron chi connectivity index (χ0n) is 17.1. The molecule has 8 heteroatoms. The van der Waals surface area contributed by atoms with Crippen LogP contribution in [0.3, 0.4) is 0 Å². The van der Waals surface area contributed by atoms with Gasteiger partial charge in [0.15, 0.2) is 9.84 Å². The lowest BCUT2D eigenvalue weighted by Crippen LogP contribution is -2.28. The number of ether oxygens (including phenoxy) is 1. The van der Waals surface area contributed by atoms with Crippen LogP contribution in [0.4, 0.5) is 0 Å². The minimum Gasteiger partial charge on any atom is -0.493 e. The van der Waals surface area contributed by atoms with Crippen LogP contribution in [-0.2, 0) is 16.3 Å². The topological polar surface area (TPSA) is 76.6 Å². The van der Waals surface area contributed by atoms with E-state index in [-0.39, 0.29) is 10.8 Å². The molecule has 1 heterocycles. The average Bonchev–Trinajstić information content (AvgIpc) is 2.96. The van der Waals surface area contributed by atoms with Crippen molar-refractivity contribution >= 4 is 27.1 Å². The molecule has 0 aliphatic heterocycles. The highest BCUT2D eigenvalue weighted by molar-refractivity contribution is 7.90. The molecule has 0 radical (unpaired) electrons. The second-order valence-electron chi connectivity index (χ2n) is 7.30. The maximum absolute atomic E-state index is 12.7. The van der Waals surface area contributed by atoms with Crippen LogP contribution >= 0.6 is 11.3 Å². The molecule has 1 aromatic heterocycles. The molecule has 0 bridgehead atoms. The number of sulfone groups is 1. The maximum Gasteiger partial charge on any atom is 0.265 e. The van der Waals surface area contributed by atoms with Crippen molar-refractivity contribution < 1.29 is 17.9 Å². The quantitative estimate of drug-likeness (QED) is 0.575. The Hall–Kier alpha value is -1.93. The fraction of sp³-hybridized carbons (Fsp3) is 0.500. The van der Waals surface area contributed by atoms with E-state index < -0.39 is 9.84 Å². The number of carbonyl (C=O) groups excluding carboxylic acids is 1. The summed E-state index contributed by atoms with van der Waals surface area (Å²) >= 11 is 1.47. The summed E-state index contributed by atoms with van der Waals surface area (Å²) in [5.74, 6) is 0.988. The Morgan fingerprint density at radius 2 is 2.04 bits per heavy atom. The summed E-state index contributed by atoms with van der Waals surface area (Å²) in [7, 11) is -1.49. The summed E-state index contributed by atoms with van der Waals surface area (Å²) in [6.45, 7) is 7.08. The number of hydrogen-bond acceptors (Lipinski definition) is 6. The second kappa shape index (κ2) is 9.52. The number of carbonyl (C=O) groups is 1. The number of hydrogen-bond donors (Lipinski definition) is 0. The van der Waals surface area contributed by atoms with Crippen molar-refractivity contribution in [2.75, 3.05) is 26.5 Å². The highest BCUT2D eigenvalue weighted by atomic mass is 32.2. The van der Waals surface area contributed by atoms with Crippen LogP contribution in [0.1, 0.15) is 40.6 Å². The van der Waals surface area contributed by atoms with E-state index in [1.165, 1.54) is 23.7 Å². The van der Waals surface area contributed by atoms with E-state index in [0.717, 1.165) is 17.1 Å². The maximum atomic E-state index is 12.7. The fourth-order valence-corrected chi connectivity index (χ4v) is 4.58. The summed E-state index contributed by atoms with van der Waals surface area (Å²) < 4.78 is 28.8. The van der Waals surface area contributed by atoms with Gasteiger partial charge in [-0.25, -0.2) is 13.4 Å². The summed E-state index contributed by atoms with van der Waals surface area (Å²) in [4.78, 5) is 19.8. The van der Waals surface area contributed by atoms with Crippen molar-refractivity contribution in [2.24, 2.45) is 5.92 Å². The Morgan fingerprint density at radius 1 is 1.32 bits per heavy atom. The highest BCUT2D eigenvalue weighted by Crippen LogP contribution is 2.22. The van der Waals surface area contributed by atoms with Gasteiger partial charge in [-0.15, -0.1) is 11.3 Å². The zero-order valence-corrected chi connectivity index (χ0v) is 18.7. The first-order valence-electron chi connectivity index (χ1n) is 9.22. The first-order chi connectivity index (χ1) is 13.1. The molecule has 0 unspecified atom stereocenters. The molecule has 0 spiro atoms. The predicted octanol–water partition coefficient (Wildman–Crippen LogP) is 3.59. The van der Waals surface area contributed by atoms with Crippen LogP contribution < -0.4 is 4.74 Å². The molecule has 0 N–H and O–H groups in total. The first-order valence-corrected chi connectivity index (χ1v) is 11.9. The van der Waals surface area contributed by atoms with Gasteiger partial charge in [0, 0.05) is 26.3 Å². The van der Waals surface area contributed by atoms with E-state index in [0.29, 0.717) is 36.1 Å². The molecule has 0 aliphatic carbocycles. The van der Waals surface area contributed by atoms with E-state index in [9.17, 15) is 13.2 Å². The molecular formula is C20H28N2O4S2. The third-order valence-corrected chi connectivity index (χ3v) is 6.38. The summed E-state index contributed by atoms with van der Waals surface area (Å²) in [5, 5.41) is 0.998. The first kappa shape index (κ1) is 22.4. The van der Waals surface area contributed by atoms with Crippen LogP contribution in [0.15, 0.2) is 29.2 Å². The van der Waals surface area contributed by atoms with Crippen molar-refractivity contribution in [1.82, 2.24) is 9.88 Å². The third-order valence-electron chi connectivity index (χ3n) is 4.10. The molecule has 2 rings (SSSR count). The van der Waals surface area contributed by atoms with Crippen molar-refractivity contribution in [1.29, 1.82) is 0 Å². The number of amides is 1. The molecule has 28 heavy (non-hydrogen) atoms. The van der Waals surface area contributed by atoms with E-state index in [2.05, 4.69) is 18.8 Å². The third kappa shape index (κ3) is 6.31. The highest BCUT2D eigenvalue weighted by Gasteiger charge is 2.19. The van der Waals surface area contributed by atoms with Crippen LogP contribution in [-0.4, -0.2) is 50.7 Å². The van der Waals surface area contributed by atoms with Gasteiger partial charge in [0.1, 0.15) is 10.6 Å². The molecule has 1 amide bonds. The van der Waals surface area contributed by atoms with Gasteiger partial charge < -0.3 is 9.64 Å². The molecule has 6 nitrogen and oxygen atoms in total. The van der Waals surface area contributed by atoms with Crippen molar-refractivity contribution in [3.05, 3.63) is 39.8 Å². The summed E-state index contributed by atoms with van der Waals surface area (Å²) in [6.07, 6.45) is 2.69. The van der Waals surface area contributed by atoms with Gasteiger partial charge in [0.05, 0.1) is 22.2 Å². The van der Waals surface area contributed by atoms with E-state index in [1.54, 1.807) is 30.1 Å². The van der Waals surface area contributed by atoms with Crippen LogP contribution in [0, 0.1) is 12.8 Å². The molecule has 154 valence electrons. The molecule has 0 fully saturated rings. The summed E-state index contributed by atoms with van der Waals surface area (Å²) in [5.41, 5.74) is 0.784. The number of rotatable bonds is 9. The lowest BCUT2D eigenvalue weighted by atomic mass is 10.1. The van der Waals surface area contributed by atoms with Gasteiger partial charge in [-0.3, -0.25) is 4.79 Å². The Balaban J connectivity index is 1.86. The molecular weight excluding hydrogens is 396 g/mol. The zero-order chi connectivity index (χ0) is 20.9. The lowest BCUT2D eigenvalue weighted by Gasteiger charge is -2.16. The molecule has 0 atom stereocenters. The number of thiazole rings is 1. The van der Waals surface area contributed by atoms with Gasteiger partial charge in [-0.1, -0.05) is 19.9 Å². The van der Waals surface area contributed by atoms with Crippen molar-refractivity contribution in [3.63, 3.8) is 0 Å². The second-order valence-corrected chi connectivity index (χ2v) is 10.4. The van der Waals surface area contributed by atoms with Gasteiger partial charge in [0.25, 0.3) is 5.91 Å². The Labute approximate surface area is 171 Å². The van der Waals surface area contributed by atoms with Crippen molar-refractivity contribution in [2.45, 2.75) is 38.5 Å². The average molecular weight is 425 g/mol. The SMILES string of the molecule is Cc1nc(CC(C)C)sc1C(=O)N(C)CCCOc1cccc(S(C)(=O)=O)c1. The number of aromatic nitrogens is 1. The van der Waals surface area contributed by atoms with Crippen molar-refractivity contribution in [3.8, 4) is 5.75 Å². The smallest absolute Gasteiger partial charge is 0.265 e.